The first kappa shape index (κ1) is 13.0. The van der Waals surface area contributed by atoms with Gasteiger partial charge in [-0.25, -0.2) is 4.98 Å². The standard InChI is InChI=1S/C13H22N2OS/c1-4-13(3)10(8-11(13)16-5-2)15-9-12-14-6-7-17-12/h6-7,10-11,15H,4-5,8-9H2,1-3H3. The molecule has 1 fully saturated rings. The predicted octanol–water partition coefficient (Wildman–Crippen LogP) is 2.83. The quantitative estimate of drug-likeness (QED) is 0.847. The topological polar surface area (TPSA) is 34.1 Å². The van der Waals surface area contributed by atoms with Crippen LogP contribution in [0.4, 0.5) is 0 Å². The van der Waals surface area contributed by atoms with E-state index in [4.69, 9.17) is 4.74 Å². The number of nitrogens with one attached hydrogen (secondary N) is 1. The Morgan fingerprint density at radius 3 is 3.00 bits per heavy atom. The first-order chi connectivity index (χ1) is 8.20. The van der Waals surface area contributed by atoms with Gasteiger partial charge in [0, 0.05) is 36.2 Å². The molecule has 1 aliphatic carbocycles. The van der Waals surface area contributed by atoms with Crippen LogP contribution in [0.25, 0.3) is 0 Å². The molecular formula is C13H22N2OS. The normalized spacial score (nSPS) is 32.4. The van der Waals surface area contributed by atoms with Crippen molar-refractivity contribution in [3.8, 4) is 0 Å². The van der Waals surface area contributed by atoms with E-state index in [-0.39, 0.29) is 5.41 Å². The van der Waals surface area contributed by atoms with E-state index in [0.717, 1.165) is 26.0 Å². The van der Waals surface area contributed by atoms with Gasteiger partial charge in [-0.15, -0.1) is 11.3 Å². The van der Waals surface area contributed by atoms with Gasteiger partial charge in [-0.05, 0) is 19.8 Å². The molecule has 1 N–H and O–H groups in total. The van der Waals surface area contributed by atoms with Crippen molar-refractivity contribution in [3.63, 3.8) is 0 Å². The summed E-state index contributed by atoms with van der Waals surface area (Å²) in [7, 11) is 0. The average molecular weight is 254 g/mol. The molecule has 4 heteroatoms. The number of rotatable bonds is 6. The van der Waals surface area contributed by atoms with Crippen LogP contribution in [0.1, 0.15) is 38.6 Å². The van der Waals surface area contributed by atoms with Gasteiger partial charge in [0.1, 0.15) is 5.01 Å². The minimum Gasteiger partial charge on any atom is -0.378 e. The van der Waals surface area contributed by atoms with E-state index in [1.54, 1.807) is 11.3 Å². The second-order valence-corrected chi connectivity index (χ2v) is 5.88. The molecule has 0 aromatic carbocycles. The molecule has 0 bridgehead atoms. The lowest BCUT2D eigenvalue weighted by molar-refractivity contribution is -0.126. The monoisotopic (exact) mass is 254 g/mol. The van der Waals surface area contributed by atoms with Gasteiger partial charge in [0.25, 0.3) is 0 Å². The van der Waals surface area contributed by atoms with Crippen LogP contribution >= 0.6 is 11.3 Å². The summed E-state index contributed by atoms with van der Waals surface area (Å²) in [5.74, 6) is 0. The SMILES string of the molecule is CCOC1CC(NCc2nccs2)C1(C)CC. The molecule has 3 nitrogen and oxygen atoms in total. The summed E-state index contributed by atoms with van der Waals surface area (Å²) < 4.78 is 5.80. The Morgan fingerprint density at radius 1 is 1.59 bits per heavy atom. The lowest BCUT2D eigenvalue weighted by Crippen LogP contribution is -2.61. The van der Waals surface area contributed by atoms with Gasteiger partial charge in [-0.1, -0.05) is 13.8 Å². The van der Waals surface area contributed by atoms with Crippen molar-refractivity contribution in [2.45, 2.75) is 52.3 Å². The highest BCUT2D eigenvalue weighted by Gasteiger charge is 2.50. The molecule has 0 amide bonds. The van der Waals surface area contributed by atoms with Crippen LogP contribution in [0.5, 0.6) is 0 Å². The van der Waals surface area contributed by atoms with E-state index in [1.807, 2.05) is 11.6 Å². The van der Waals surface area contributed by atoms with Crippen LogP contribution in [0.3, 0.4) is 0 Å². The molecule has 0 radical (unpaired) electrons. The predicted molar refractivity (Wildman–Crippen MR) is 71.2 cm³/mol. The molecule has 1 aromatic rings. The van der Waals surface area contributed by atoms with Crippen LogP contribution in [0.15, 0.2) is 11.6 Å². The fraction of sp³-hybridized carbons (Fsp3) is 0.769. The lowest BCUT2D eigenvalue weighted by Gasteiger charge is -2.53. The van der Waals surface area contributed by atoms with Gasteiger partial charge < -0.3 is 10.1 Å². The Bertz CT molecular complexity index is 341. The van der Waals surface area contributed by atoms with E-state index < -0.39 is 0 Å². The highest BCUT2D eigenvalue weighted by Crippen LogP contribution is 2.45. The second-order valence-electron chi connectivity index (χ2n) is 4.90. The number of thiazole rings is 1. The number of aromatic nitrogens is 1. The second kappa shape index (κ2) is 5.46. The third-order valence-electron chi connectivity index (χ3n) is 4.09. The molecule has 3 atom stereocenters. The minimum absolute atomic E-state index is 0.285. The van der Waals surface area contributed by atoms with E-state index in [1.165, 1.54) is 5.01 Å². The summed E-state index contributed by atoms with van der Waals surface area (Å²) in [6.07, 6.45) is 4.58. The van der Waals surface area contributed by atoms with E-state index in [2.05, 4.69) is 31.1 Å². The third kappa shape index (κ3) is 2.54. The number of ether oxygens (including phenoxy) is 1. The maximum absolute atomic E-state index is 5.80. The van der Waals surface area contributed by atoms with Crippen molar-refractivity contribution in [3.05, 3.63) is 16.6 Å². The summed E-state index contributed by atoms with van der Waals surface area (Å²) in [4.78, 5) is 4.30. The fourth-order valence-electron chi connectivity index (χ4n) is 2.62. The number of hydrogen-bond donors (Lipinski definition) is 1. The van der Waals surface area contributed by atoms with Gasteiger partial charge in [-0.3, -0.25) is 0 Å². The molecule has 17 heavy (non-hydrogen) atoms. The van der Waals surface area contributed by atoms with Gasteiger partial charge in [0.2, 0.25) is 0 Å². The molecule has 1 saturated carbocycles. The Morgan fingerprint density at radius 2 is 2.41 bits per heavy atom. The van der Waals surface area contributed by atoms with Gasteiger partial charge in [-0.2, -0.15) is 0 Å². The highest BCUT2D eigenvalue weighted by molar-refractivity contribution is 7.09. The van der Waals surface area contributed by atoms with E-state index in [9.17, 15) is 0 Å². The van der Waals surface area contributed by atoms with Crippen molar-refractivity contribution < 1.29 is 4.74 Å². The fourth-order valence-corrected chi connectivity index (χ4v) is 3.18. The lowest BCUT2D eigenvalue weighted by atomic mass is 9.61. The summed E-state index contributed by atoms with van der Waals surface area (Å²) in [5, 5.41) is 6.82. The zero-order valence-electron chi connectivity index (χ0n) is 10.9. The van der Waals surface area contributed by atoms with Gasteiger partial charge in [0.15, 0.2) is 0 Å². The Balaban J connectivity index is 1.86. The molecule has 96 valence electrons. The van der Waals surface area contributed by atoms with Gasteiger partial charge in [0.05, 0.1) is 6.10 Å². The minimum atomic E-state index is 0.285. The van der Waals surface area contributed by atoms with E-state index >= 15 is 0 Å². The van der Waals surface area contributed by atoms with Crippen LogP contribution in [0, 0.1) is 5.41 Å². The Labute approximate surface area is 108 Å². The van der Waals surface area contributed by atoms with Crippen molar-refractivity contribution in [2.24, 2.45) is 5.41 Å². The zero-order chi connectivity index (χ0) is 12.3. The summed E-state index contributed by atoms with van der Waals surface area (Å²) in [5.41, 5.74) is 0.285. The summed E-state index contributed by atoms with van der Waals surface area (Å²) in [6.45, 7) is 8.36. The smallest absolute Gasteiger partial charge is 0.106 e. The largest absolute Gasteiger partial charge is 0.378 e. The van der Waals surface area contributed by atoms with E-state index in [0.29, 0.717) is 12.1 Å². The highest BCUT2D eigenvalue weighted by atomic mass is 32.1. The molecule has 1 aromatic heterocycles. The Hall–Kier alpha value is -0.450. The van der Waals surface area contributed by atoms with Gasteiger partial charge >= 0.3 is 0 Å². The zero-order valence-corrected chi connectivity index (χ0v) is 11.7. The molecule has 2 rings (SSSR count). The van der Waals surface area contributed by atoms with Crippen molar-refractivity contribution in [1.82, 2.24) is 10.3 Å². The van der Waals surface area contributed by atoms with Crippen LogP contribution in [-0.2, 0) is 11.3 Å². The van der Waals surface area contributed by atoms with Crippen LogP contribution in [-0.4, -0.2) is 23.7 Å². The average Bonchev–Trinajstić information content (AvgIpc) is 2.84. The van der Waals surface area contributed by atoms with Crippen LogP contribution < -0.4 is 5.32 Å². The maximum atomic E-state index is 5.80. The molecule has 0 spiro atoms. The first-order valence-corrected chi connectivity index (χ1v) is 7.32. The Kier molecular flexibility index (Phi) is 4.17. The van der Waals surface area contributed by atoms with Crippen molar-refractivity contribution in [1.29, 1.82) is 0 Å². The van der Waals surface area contributed by atoms with Crippen molar-refractivity contribution in [2.75, 3.05) is 6.61 Å². The van der Waals surface area contributed by atoms with Crippen LogP contribution in [0.2, 0.25) is 0 Å². The summed E-state index contributed by atoms with van der Waals surface area (Å²) >= 11 is 1.71. The molecular weight excluding hydrogens is 232 g/mol. The number of hydrogen-bond acceptors (Lipinski definition) is 4. The molecule has 0 saturated heterocycles. The maximum Gasteiger partial charge on any atom is 0.106 e. The van der Waals surface area contributed by atoms with Crippen molar-refractivity contribution >= 4 is 11.3 Å². The molecule has 3 unspecified atom stereocenters. The molecule has 1 heterocycles. The number of nitrogens with zero attached hydrogens (tertiary/aromatic N) is 1. The molecule has 0 aliphatic heterocycles. The first-order valence-electron chi connectivity index (χ1n) is 6.44. The molecule has 1 aliphatic rings. The third-order valence-corrected chi connectivity index (χ3v) is 4.87. The summed E-state index contributed by atoms with van der Waals surface area (Å²) in [6, 6.07) is 0.563.